The van der Waals surface area contributed by atoms with Gasteiger partial charge in [0.2, 0.25) is 0 Å². The highest BCUT2D eigenvalue weighted by Gasteiger charge is 2.27. The van der Waals surface area contributed by atoms with E-state index in [4.69, 9.17) is 0 Å². The number of hydrogen-bond donors (Lipinski definition) is 1. The molecule has 0 radical (unpaired) electrons. The Labute approximate surface area is 160 Å². The SMILES string of the molecule is CCC1CCCCN1C(=O)c1cc(Nc2ccc(C(C)=O)cc2)nc(C)n1. The topological polar surface area (TPSA) is 75.2 Å². The Balaban J connectivity index is 1.81. The van der Waals surface area contributed by atoms with E-state index in [9.17, 15) is 9.59 Å². The third kappa shape index (κ3) is 4.51. The smallest absolute Gasteiger partial charge is 0.272 e. The normalized spacial score (nSPS) is 16.9. The van der Waals surface area contributed by atoms with Gasteiger partial charge in [0.15, 0.2) is 5.78 Å². The molecule has 1 unspecified atom stereocenters. The Morgan fingerprint density at radius 1 is 1.19 bits per heavy atom. The molecule has 6 heteroatoms. The number of nitrogens with zero attached hydrogens (tertiary/aromatic N) is 3. The molecule has 1 saturated heterocycles. The van der Waals surface area contributed by atoms with Crippen LogP contribution in [0.4, 0.5) is 11.5 Å². The number of nitrogens with one attached hydrogen (secondary N) is 1. The quantitative estimate of drug-likeness (QED) is 0.805. The van der Waals surface area contributed by atoms with Crippen molar-refractivity contribution in [2.24, 2.45) is 0 Å². The van der Waals surface area contributed by atoms with Gasteiger partial charge in [-0.1, -0.05) is 6.92 Å². The number of aromatic nitrogens is 2. The Hall–Kier alpha value is -2.76. The lowest BCUT2D eigenvalue weighted by atomic mass is 9.99. The molecule has 0 bridgehead atoms. The van der Waals surface area contributed by atoms with Crippen molar-refractivity contribution in [3.05, 3.63) is 47.4 Å². The van der Waals surface area contributed by atoms with E-state index in [1.54, 1.807) is 25.1 Å². The van der Waals surface area contributed by atoms with Crippen LogP contribution in [0.25, 0.3) is 0 Å². The Morgan fingerprint density at radius 2 is 1.93 bits per heavy atom. The minimum absolute atomic E-state index is 0.0259. The van der Waals surface area contributed by atoms with Gasteiger partial charge in [0.25, 0.3) is 5.91 Å². The highest BCUT2D eigenvalue weighted by Crippen LogP contribution is 2.23. The maximum Gasteiger partial charge on any atom is 0.272 e. The summed E-state index contributed by atoms with van der Waals surface area (Å²) in [7, 11) is 0. The number of benzene rings is 1. The van der Waals surface area contributed by atoms with Crippen LogP contribution >= 0.6 is 0 Å². The number of rotatable bonds is 5. The van der Waals surface area contributed by atoms with Crippen LogP contribution in [0.3, 0.4) is 0 Å². The van der Waals surface area contributed by atoms with E-state index in [1.165, 1.54) is 13.3 Å². The van der Waals surface area contributed by atoms with Crippen molar-refractivity contribution >= 4 is 23.2 Å². The minimum Gasteiger partial charge on any atom is -0.340 e. The van der Waals surface area contributed by atoms with E-state index in [-0.39, 0.29) is 17.7 Å². The Bertz CT molecular complexity index is 833. The van der Waals surface area contributed by atoms with E-state index in [1.807, 2.05) is 17.0 Å². The van der Waals surface area contributed by atoms with Crippen LogP contribution in [-0.2, 0) is 0 Å². The van der Waals surface area contributed by atoms with Crippen LogP contribution in [0.15, 0.2) is 30.3 Å². The molecule has 1 aromatic heterocycles. The summed E-state index contributed by atoms with van der Waals surface area (Å²) < 4.78 is 0. The molecule has 1 amide bonds. The van der Waals surface area contributed by atoms with Gasteiger partial charge in [-0.25, -0.2) is 9.97 Å². The number of anilines is 2. The summed E-state index contributed by atoms with van der Waals surface area (Å²) >= 11 is 0. The van der Waals surface area contributed by atoms with E-state index in [0.717, 1.165) is 31.5 Å². The number of piperidine rings is 1. The van der Waals surface area contributed by atoms with Crippen LogP contribution in [0.2, 0.25) is 0 Å². The largest absolute Gasteiger partial charge is 0.340 e. The average molecular weight is 366 g/mol. The van der Waals surface area contributed by atoms with Gasteiger partial charge in [0, 0.05) is 29.9 Å². The molecular weight excluding hydrogens is 340 g/mol. The molecular formula is C21H26N4O2. The van der Waals surface area contributed by atoms with Gasteiger partial charge >= 0.3 is 0 Å². The van der Waals surface area contributed by atoms with Gasteiger partial charge in [-0.2, -0.15) is 0 Å². The van der Waals surface area contributed by atoms with Crippen molar-refractivity contribution < 1.29 is 9.59 Å². The molecule has 142 valence electrons. The van der Waals surface area contributed by atoms with Crippen LogP contribution in [-0.4, -0.2) is 39.1 Å². The molecule has 27 heavy (non-hydrogen) atoms. The van der Waals surface area contributed by atoms with Crippen molar-refractivity contribution in [3.63, 3.8) is 0 Å². The predicted octanol–water partition coefficient (Wildman–Crippen LogP) is 4.14. The second kappa shape index (κ2) is 8.29. The number of amides is 1. The number of likely N-dealkylation sites (tertiary alicyclic amines) is 1. The fourth-order valence-corrected chi connectivity index (χ4v) is 3.52. The number of carbonyl (C=O) groups excluding carboxylic acids is 2. The summed E-state index contributed by atoms with van der Waals surface area (Å²) in [6.45, 7) is 6.24. The molecule has 0 spiro atoms. The summed E-state index contributed by atoms with van der Waals surface area (Å²) in [5, 5.41) is 3.20. The molecule has 1 fully saturated rings. The summed E-state index contributed by atoms with van der Waals surface area (Å²) in [5.41, 5.74) is 1.89. The maximum absolute atomic E-state index is 13.0. The lowest BCUT2D eigenvalue weighted by Crippen LogP contribution is -2.43. The fourth-order valence-electron chi connectivity index (χ4n) is 3.52. The molecule has 0 aliphatic carbocycles. The molecule has 3 rings (SSSR count). The van der Waals surface area contributed by atoms with E-state index in [0.29, 0.717) is 22.9 Å². The van der Waals surface area contributed by atoms with Gasteiger partial charge in [-0.3, -0.25) is 9.59 Å². The summed E-state index contributed by atoms with van der Waals surface area (Å²) in [4.78, 5) is 35.1. The zero-order valence-corrected chi connectivity index (χ0v) is 16.2. The standard InChI is InChI=1S/C21H26N4O2/c1-4-18-7-5-6-12-25(18)21(27)19-13-20(23-15(3)22-19)24-17-10-8-16(9-11-17)14(2)26/h8-11,13,18H,4-7,12H2,1-3H3,(H,22,23,24). The zero-order chi connectivity index (χ0) is 19.4. The number of Topliss-reactive ketones (excluding diaryl/α,β-unsaturated/α-hetero) is 1. The molecule has 1 aliphatic heterocycles. The summed E-state index contributed by atoms with van der Waals surface area (Å²) in [6.07, 6.45) is 4.23. The molecule has 1 N–H and O–H groups in total. The minimum atomic E-state index is -0.0259. The van der Waals surface area contributed by atoms with Gasteiger partial charge in [0.1, 0.15) is 17.3 Å². The maximum atomic E-state index is 13.0. The monoisotopic (exact) mass is 366 g/mol. The van der Waals surface area contributed by atoms with Crippen molar-refractivity contribution in [2.45, 2.75) is 52.5 Å². The first kappa shape index (κ1) is 19.0. The molecule has 2 heterocycles. The number of aryl methyl sites for hydroxylation is 1. The fraction of sp³-hybridized carbons (Fsp3) is 0.429. The van der Waals surface area contributed by atoms with Crippen LogP contribution < -0.4 is 5.32 Å². The zero-order valence-electron chi connectivity index (χ0n) is 16.2. The first-order valence-corrected chi connectivity index (χ1v) is 9.52. The highest BCUT2D eigenvalue weighted by atomic mass is 16.2. The highest BCUT2D eigenvalue weighted by molar-refractivity contribution is 5.94. The van der Waals surface area contributed by atoms with Crippen LogP contribution in [0.1, 0.15) is 66.2 Å². The third-order valence-corrected chi connectivity index (χ3v) is 4.98. The van der Waals surface area contributed by atoms with E-state index < -0.39 is 0 Å². The number of ketones is 1. The van der Waals surface area contributed by atoms with Crippen molar-refractivity contribution in [2.75, 3.05) is 11.9 Å². The first-order chi connectivity index (χ1) is 13.0. The molecule has 0 saturated carbocycles. The van der Waals surface area contributed by atoms with Crippen molar-refractivity contribution in [3.8, 4) is 0 Å². The van der Waals surface area contributed by atoms with E-state index in [2.05, 4.69) is 22.2 Å². The lowest BCUT2D eigenvalue weighted by Gasteiger charge is -2.35. The third-order valence-electron chi connectivity index (χ3n) is 4.98. The molecule has 1 aromatic carbocycles. The Kier molecular flexibility index (Phi) is 5.84. The van der Waals surface area contributed by atoms with Crippen molar-refractivity contribution in [1.82, 2.24) is 14.9 Å². The van der Waals surface area contributed by atoms with Crippen LogP contribution in [0, 0.1) is 6.92 Å². The van der Waals surface area contributed by atoms with Crippen LogP contribution in [0.5, 0.6) is 0 Å². The molecule has 1 atom stereocenters. The number of hydrogen-bond acceptors (Lipinski definition) is 5. The second-order valence-electron chi connectivity index (χ2n) is 7.00. The van der Waals surface area contributed by atoms with Gasteiger partial charge in [-0.05, 0) is 63.8 Å². The molecule has 1 aliphatic rings. The van der Waals surface area contributed by atoms with Crippen molar-refractivity contribution in [1.29, 1.82) is 0 Å². The average Bonchev–Trinajstić information content (AvgIpc) is 2.67. The predicted molar refractivity (Wildman–Crippen MR) is 105 cm³/mol. The second-order valence-corrected chi connectivity index (χ2v) is 7.00. The van der Waals surface area contributed by atoms with Gasteiger partial charge in [-0.15, -0.1) is 0 Å². The summed E-state index contributed by atoms with van der Waals surface area (Å²) in [6, 6.07) is 9.18. The van der Waals surface area contributed by atoms with Gasteiger partial charge < -0.3 is 10.2 Å². The van der Waals surface area contributed by atoms with E-state index >= 15 is 0 Å². The number of carbonyl (C=O) groups is 2. The Morgan fingerprint density at radius 3 is 2.59 bits per heavy atom. The van der Waals surface area contributed by atoms with Gasteiger partial charge in [0.05, 0.1) is 0 Å². The first-order valence-electron chi connectivity index (χ1n) is 9.52. The lowest BCUT2D eigenvalue weighted by molar-refractivity contribution is 0.0601. The summed E-state index contributed by atoms with van der Waals surface area (Å²) in [5.74, 6) is 1.13. The molecule has 2 aromatic rings. The molecule has 6 nitrogen and oxygen atoms in total.